The van der Waals surface area contributed by atoms with Crippen molar-refractivity contribution in [3.8, 4) is 0 Å². The Morgan fingerprint density at radius 2 is 2.00 bits per heavy atom. The monoisotopic (exact) mass is 287 g/mol. The maximum Gasteiger partial charge on any atom is 0.306 e. The first kappa shape index (κ1) is 17.4. The fourth-order valence-corrected chi connectivity index (χ4v) is 2.47. The molecule has 0 aromatic rings. The number of carboxylic acids is 1. The standard InChI is InChI=1S/C15H29NO4/c1-12(2)5-9-20-10-8-16-11-15(19)6-3-13(4-7-15)14(17)18/h12-13,16,19H,3-11H2,1-2H3,(H,17,18). The van der Waals surface area contributed by atoms with E-state index in [4.69, 9.17) is 9.84 Å². The van der Waals surface area contributed by atoms with Crippen molar-refractivity contribution in [2.75, 3.05) is 26.3 Å². The molecule has 0 aliphatic heterocycles. The van der Waals surface area contributed by atoms with E-state index >= 15 is 0 Å². The van der Waals surface area contributed by atoms with Gasteiger partial charge in [0.25, 0.3) is 0 Å². The average molecular weight is 287 g/mol. The number of carbonyl (C=O) groups is 1. The Morgan fingerprint density at radius 1 is 1.35 bits per heavy atom. The molecule has 1 fully saturated rings. The van der Waals surface area contributed by atoms with Gasteiger partial charge in [-0.2, -0.15) is 0 Å². The van der Waals surface area contributed by atoms with E-state index in [2.05, 4.69) is 19.2 Å². The van der Waals surface area contributed by atoms with Gasteiger partial charge in [0.05, 0.1) is 18.1 Å². The summed E-state index contributed by atoms with van der Waals surface area (Å²) >= 11 is 0. The molecule has 5 nitrogen and oxygen atoms in total. The molecule has 0 unspecified atom stereocenters. The smallest absolute Gasteiger partial charge is 0.306 e. The zero-order valence-electron chi connectivity index (χ0n) is 12.7. The van der Waals surface area contributed by atoms with Crippen LogP contribution in [0.25, 0.3) is 0 Å². The summed E-state index contributed by atoms with van der Waals surface area (Å²) in [6.07, 6.45) is 3.33. The van der Waals surface area contributed by atoms with Gasteiger partial charge in [-0.05, 0) is 38.0 Å². The molecule has 1 saturated carbocycles. The second-order valence-electron chi connectivity index (χ2n) is 6.31. The highest BCUT2D eigenvalue weighted by Gasteiger charge is 2.35. The fourth-order valence-electron chi connectivity index (χ4n) is 2.47. The zero-order chi connectivity index (χ0) is 15.0. The minimum absolute atomic E-state index is 0.283. The predicted octanol–water partition coefficient (Wildman–Crippen LogP) is 1.64. The van der Waals surface area contributed by atoms with Crippen LogP contribution in [0.2, 0.25) is 0 Å². The van der Waals surface area contributed by atoms with Crippen LogP contribution in [0.15, 0.2) is 0 Å². The third-order valence-electron chi connectivity index (χ3n) is 3.98. The van der Waals surface area contributed by atoms with Gasteiger partial charge in [-0.15, -0.1) is 0 Å². The molecule has 118 valence electrons. The summed E-state index contributed by atoms with van der Waals surface area (Å²) in [5, 5.41) is 22.5. The third-order valence-corrected chi connectivity index (χ3v) is 3.98. The average Bonchev–Trinajstić information content (AvgIpc) is 2.37. The Morgan fingerprint density at radius 3 is 2.55 bits per heavy atom. The fraction of sp³-hybridized carbons (Fsp3) is 0.933. The molecule has 0 aromatic heterocycles. The number of ether oxygens (including phenoxy) is 1. The molecule has 0 saturated heterocycles. The Bertz CT molecular complexity index is 286. The van der Waals surface area contributed by atoms with Gasteiger partial charge in [-0.1, -0.05) is 13.8 Å². The predicted molar refractivity (Wildman–Crippen MR) is 77.7 cm³/mol. The van der Waals surface area contributed by atoms with Crippen LogP contribution in [0, 0.1) is 11.8 Å². The van der Waals surface area contributed by atoms with Crippen LogP contribution in [-0.2, 0) is 9.53 Å². The number of rotatable bonds is 9. The summed E-state index contributed by atoms with van der Waals surface area (Å²) in [4.78, 5) is 10.9. The van der Waals surface area contributed by atoms with Crippen molar-refractivity contribution >= 4 is 5.97 Å². The minimum Gasteiger partial charge on any atom is -0.481 e. The maximum atomic E-state index is 10.9. The van der Waals surface area contributed by atoms with E-state index in [1.54, 1.807) is 0 Å². The van der Waals surface area contributed by atoms with Crippen molar-refractivity contribution in [3.63, 3.8) is 0 Å². The molecule has 0 bridgehead atoms. The van der Waals surface area contributed by atoms with Crippen LogP contribution in [0.3, 0.4) is 0 Å². The quantitative estimate of drug-likeness (QED) is 0.562. The van der Waals surface area contributed by atoms with Crippen molar-refractivity contribution in [3.05, 3.63) is 0 Å². The topological polar surface area (TPSA) is 78.8 Å². The van der Waals surface area contributed by atoms with Gasteiger partial charge in [0.2, 0.25) is 0 Å². The lowest BCUT2D eigenvalue weighted by Crippen LogP contribution is -2.45. The lowest BCUT2D eigenvalue weighted by molar-refractivity contribution is -0.144. The third kappa shape index (κ3) is 6.68. The molecule has 0 aromatic carbocycles. The number of aliphatic carboxylic acids is 1. The molecule has 1 aliphatic carbocycles. The van der Waals surface area contributed by atoms with E-state index in [0.717, 1.165) is 19.6 Å². The summed E-state index contributed by atoms with van der Waals surface area (Å²) in [6.45, 7) is 7.02. The van der Waals surface area contributed by atoms with Gasteiger partial charge in [0, 0.05) is 19.7 Å². The first-order chi connectivity index (χ1) is 9.43. The number of hydrogen-bond donors (Lipinski definition) is 3. The number of aliphatic hydroxyl groups is 1. The lowest BCUT2D eigenvalue weighted by Gasteiger charge is -2.34. The molecule has 0 heterocycles. The van der Waals surface area contributed by atoms with Crippen molar-refractivity contribution < 1.29 is 19.7 Å². The van der Waals surface area contributed by atoms with Crippen LogP contribution < -0.4 is 5.32 Å². The summed E-state index contributed by atoms with van der Waals surface area (Å²) in [5.74, 6) is -0.360. The minimum atomic E-state index is -0.746. The van der Waals surface area contributed by atoms with E-state index in [1.165, 1.54) is 0 Å². The van der Waals surface area contributed by atoms with Crippen LogP contribution in [0.4, 0.5) is 0 Å². The molecule has 0 radical (unpaired) electrons. The van der Waals surface area contributed by atoms with Crippen LogP contribution in [-0.4, -0.2) is 48.1 Å². The maximum absolute atomic E-state index is 10.9. The lowest BCUT2D eigenvalue weighted by atomic mass is 9.79. The molecule has 5 heteroatoms. The highest BCUT2D eigenvalue weighted by molar-refractivity contribution is 5.70. The molecular weight excluding hydrogens is 258 g/mol. The van der Waals surface area contributed by atoms with E-state index in [-0.39, 0.29) is 5.92 Å². The van der Waals surface area contributed by atoms with E-state index in [1.807, 2.05) is 0 Å². The highest BCUT2D eigenvalue weighted by atomic mass is 16.5. The number of hydrogen-bond acceptors (Lipinski definition) is 4. The van der Waals surface area contributed by atoms with Crippen molar-refractivity contribution in [1.29, 1.82) is 0 Å². The Labute approximate surface area is 121 Å². The van der Waals surface area contributed by atoms with Gasteiger partial charge in [-0.25, -0.2) is 0 Å². The Balaban J connectivity index is 2.05. The van der Waals surface area contributed by atoms with Crippen LogP contribution in [0.1, 0.15) is 46.0 Å². The molecule has 1 aliphatic rings. The van der Waals surface area contributed by atoms with Gasteiger partial charge >= 0.3 is 5.97 Å². The second kappa shape index (κ2) is 8.60. The largest absolute Gasteiger partial charge is 0.481 e. The molecule has 3 N–H and O–H groups in total. The first-order valence-electron chi connectivity index (χ1n) is 7.66. The second-order valence-corrected chi connectivity index (χ2v) is 6.31. The van der Waals surface area contributed by atoms with Gasteiger partial charge in [-0.3, -0.25) is 4.79 Å². The number of nitrogens with one attached hydrogen (secondary N) is 1. The van der Waals surface area contributed by atoms with E-state index in [9.17, 15) is 9.90 Å². The van der Waals surface area contributed by atoms with Crippen molar-refractivity contribution in [2.45, 2.75) is 51.6 Å². The summed E-state index contributed by atoms with van der Waals surface area (Å²) in [5.41, 5.74) is -0.746. The van der Waals surface area contributed by atoms with Gasteiger partial charge < -0.3 is 20.3 Å². The summed E-state index contributed by atoms with van der Waals surface area (Å²) in [6, 6.07) is 0. The zero-order valence-corrected chi connectivity index (χ0v) is 12.7. The number of carboxylic acid groups (broad SMARTS) is 1. The molecule has 0 atom stereocenters. The van der Waals surface area contributed by atoms with Crippen molar-refractivity contribution in [1.82, 2.24) is 5.32 Å². The molecule has 20 heavy (non-hydrogen) atoms. The molecule has 1 rings (SSSR count). The van der Waals surface area contributed by atoms with Gasteiger partial charge in [0.1, 0.15) is 0 Å². The van der Waals surface area contributed by atoms with Crippen LogP contribution >= 0.6 is 0 Å². The normalized spacial score (nSPS) is 26.9. The van der Waals surface area contributed by atoms with Gasteiger partial charge in [0.15, 0.2) is 0 Å². The van der Waals surface area contributed by atoms with Crippen LogP contribution in [0.5, 0.6) is 0 Å². The molecule has 0 spiro atoms. The Kier molecular flexibility index (Phi) is 7.48. The SMILES string of the molecule is CC(C)CCOCCNCC1(O)CCC(C(=O)O)CC1. The first-order valence-corrected chi connectivity index (χ1v) is 7.66. The Hall–Kier alpha value is -0.650. The van der Waals surface area contributed by atoms with Crippen molar-refractivity contribution in [2.24, 2.45) is 11.8 Å². The van der Waals surface area contributed by atoms with E-state index < -0.39 is 11.6 Å². The summed E-state index contributed by atoms with van der Waals surface area (Å²) in [7, 11) is 0. The highest BCUT2D eigenvalue weighted by Crippen LogP contribution is 2.31. The van der Waals surface area contributed by atoms with E-state index in [0.29, 0.717) is 44.8 Å². The molecule has 0 amide bonds. The molecular formula is C15H29NO4. The summed E-state index contributed by atoms with van der Waals surface area (Å²) < 4.78 is 5.49.